The van der Waals surface area contributed by atoms with Crippen LogP contribution in [0, 0.1) is 23.1 Å². The van der Waals surface area contributed by atoms with Crippen molar-refractivity contribution in [2.75, 3.05) is 30.4 Å². The Morgan fingerprint density at radius 3 is 2.38 bits per heavy atom. The van der Waals surface area contributed by atoms with E-state index < -0.39 is 35.0 Å². The number of fused-ring (bicyclic) bond motifs is 1. The number of aliphatic hydroxyl groups excluding tert-OH is 1. The Balaban J connectivity index is 1.19. The first-order chi connectivity index (χ1) is 23.9. The molecule has 0 unspecified atom stereocenters. The van der Waals surface area contributed by atoms with Gasteiger partial charge in [-0.3, -0.25) is 4.79 Å². The van der Waals surface area contributed by atoms with Gasteiger partial charge in [-0.25, -0.2) is 4.39 Å². The van der Waals surface area contributed by atoms with Crippen LogP contribution < -0.4 is 24.8 Å². The fourth-order valence-electron chi connectivity index (χ4n) is 5.41. The van der Waals surface area contributed by atoms with Crippen molar-refractivity contribution in [2.24, 2.45) is 5.41 Å². The van der Waals surface area contributed by atoms with Crippen LogP contribution in [0.3, 0.4) is 0 Å². The van der Waals surface area contributed by atoms with Crippen LogP contribution in [0.5, 0.6) is 17.2 Å². The zero-order valence-corrected chi connectivity index (χ0v) is 27.6. The summed E-state index contributed by atoms with van der Waals surface area (Å²) in [5, 5.41) is 16.4. The molecule has 1 fully saturated rings. The largest absolute Gasteiger partial charge is 0.586 e. The molecule has 1 saturated carbocycles. The van der Waals surface area contributed by atoms with E-state index in [1.54, 1.807) is 0 Å². The maximum Gasteiger partial charge on any atom is 0.586 e. The number of amides is 1. The monoisotopic (exact) mass is 686 g/mol. The van der Waals surface area contributed by atoms with Gasteiger partial charge in [-0.05, 0) is 68.1 Å². The number of anilines is 2. The average molecular weight is 687 g/mol. The minimum Gasteiger partial charge on any atom is -0.492 e. The fraction of sp³-hybridized carbons (Fsp3) is 0.308. The SMILES string of the molecule is CC(C)(C#Cc1cc(NC(=O)C2(c3ccc4c(c3)OC(F)(F)O4)CC2)c(F)cc1NC[C@@H](O)COCc1ccccc1)COc1ccccc1. The molecule has 0 aromatic heterocycles. The number of hydrogen-bond acceptors (Lipinski definition) is 7. The minimum absolute atomic E-state index is 0.0431. The Labute approximate surface area is 288 Å². The lowest BCUT2D eigenvalue weighted by atomic mass is 9.94. The number of nitrogens with one attached hydrogen (secondary N) is 2. The summed E-state index contributed by atoms with van der Waals surface area (Å²) < 4.78 is 63.5. The highest BCUT2D eigenvalue weighted by Gasteiger charge is 2.53. The third-order valence-electron chi connectivity index (χ3n) is 8.32. The first-order valence-corrected chi connectivity index (χ1v) is 16.2. The van der Waals surface area contributed by atoms with E-state index in [0.29, 0.717) is 42.0 Å². The van der Waals surface area contributed by atoms with Crippen molar-refractivity contribution in [3.05, 3.63) is 114 Å². The zero-order chi connectivity index (χ0) is 35.4. The molecule has 1 aliphatic heterocycles. The van der Waals surface area contributed by atoms with Crippen molar-refractivity contribution in [1.82, 2.24) is 0 Å². The van der Waals surface area contributed by atoms with Gasteiger partial charge in [0.25, 0.3) is 0 Å². The Kier molecular flexibility index (Phi) is 9.95. The van der Waals surface area contributed by atoms with E-state index in [1.165, 1.54) is 30.3 Å². The molecule has 4 aromatic carbocycles. The van der Waals surface area contributed by atoms with Crippen molar-refractivity contribution in [3.8, 4) is 29.1 Å². The smallest absolute Gasteiger partial charge is 0.492 e. The first-order valence-electron chi connectivity index (χ1n) is 16.2. The van der Waals surface area contributed by atoms with E-state index in [1.807, 2.05) is 74.5 Å². The fourth-order valence-corrected chi connectivity index (χ4v) is 5.41. The van der Waals surface area contributed by atoms with Gasteiger partial charge in [0.2, 0.25) is 5.91 Å². The molecule has 260 valence electrons. The van der Waals surface area contributed by atoms with Gasteiger partial charge in [-0.15, -0.1) is 8.78 Å². The molecule has 1 heterocycles. The second kappa shape index (κ2) is 14.4. The number of benzene rings is 4. The van der Waals surface area contributed by atoms with Gasteiger partial charge in [-0.2, -0.15) is 0 Å². The van der Waals surface area contributed by atoms with Crippen molar-refractivity contribution in [3.63, 3.8) is 0 Å². The molecule has 2 aliphatic rings. The van der Waals surface area contributed by atoms with Crippen LogP contribution in [-0.2, 0) is 21.6 Å². The molecule has 6 rings (SSSR count). The Morgan fingerprint density at radius 2 is 1.66 bits per heavy atom. The number of aliphatic hydroxyl groups is 1. The lowest BCUT2D eigenvalue weighted by molar-refractivity contribution is -0.286. The van der Waals surface area contributed by atoms with Crippen LogP contribution in [0.4, 0.5) is 24.5 Å². The molecule has 1 aliphatic carbocycles. The van der Waals surface area contributed by atoms with Crippen molar-refractivity contribution >= 4 is 17.3 Å². The van der Waals surface area contributed by atoms with Gasteiger partial charge in [0.15, 0.2) is 11.5 Å². The number of hydrogen-bond donors (Lipinski definition) is 3. The molecule has 4 aromatic rings. The quantitative estimate of drug-likeness (QED) is 0.127. The number of ether oxygens (including phenoxy) is 4. The van der Waals surface area contributed by atoms with Gasteiger partial charge in [0.05, 0.1) is 41.5 Å². The Morgan fingerprint density at radius 1 is 0.960 bits per heavy atom. The van der Waals surface area contributed by atoms with Crippen LogP contribution in [-0.4, -0.2) is 43.2 Å². The number of alkyl halides is 2. The predicted octanol–water partition coefficient (Wildman–Crippen LogP) is 7.26. The third kappa shape index (κ3) is 8.51. The summed E-state index contributed by atoms with van der Waals surface area (Å²) in [7, 11) is 0. The molecule has 0 saturated heterocycles. The number of halogens is 3. The van der Waals surface area contributed by atoms with E-state index in [4.69, 9.17) is 9.47 Å². The molecule has 8 nitrogen and oxygen atoms in total. The van der Waals surface area contributed by atoms with Gasteiger partial charge in [0.1, 0.15) is 18.2 Å². The molecule has 0 spiro atoms. The normalized spacial score (nSPS) is 15.7. The minimum atomic E-state index is -3.79. The summed E-state index contributed by atoms with van der Waals surface area (Å²) in [6, 6.07) is 25.8. The Hall–Kier alpha value is -5.18. The predicted molar refractivity (Wildman–Crippen MR) is 182 cm³/mol. The average Bonchev–Trinajstić information content (AvgIpc) is 3.84. The molecule has 50 heavy (non-hydrogen) atoms. The molecule has 11 heteroatoms. The summed E-state index contributed by atoms with van der Waals surface area (Å²) in [5.41, 5.74) is 0.341. The van der Waals surface area contributed by atoms with E-state index in [9.17, 15) is 18.7 Å². The number of carbonyl (C=O) groups excluding carboxylic acids is 1. The molecule has 0 bridgehead atoms. The highest BCUT2D eigenvalue weighted by atomic mass is 19.3. The maximum atomic E-state index is 15.6. The molecule has 1 atom stereocenters. The summed E-state index contributed by atoms with van der Waals surface area (Å²) in [6.07, 6.45) is -3.83. The van der Waals surface area contributed by atoms with Gasteiger partial charge in [-0.1, -0.05) is 66.4 Å². The zero-order valence-electron chi connectivity index (χ0n) is 27.6. The third-order valence-corrected chi connectivity index (χ3v) is 8.32. The lowest BCUT2D eigenvalue weighted by Crippen LogP contribution is -2.28. The van der Waals surface area contributed by atoms with Gasteiger partial charge >= 0.3 is 6.29 Å². The lowest BCUT2D eigenvalue weighted by Gasteiger charge is -2.20. The topological polar surface area (TPSA) is 98.3 Å². The number of carbonyl (C=O) groups is 1. The van der Waals surface area contributed by atoms with Crippen LogP contribution in [0.15, 0.2) is 91.0 Å². The van der Waals surface area contributed by atoms with Crippen molar-refractivity contribution < 1.29 is 42.0 Å². The second-order valence-electron chi connectivity index (χ2n) is 13.0. The Bertz CT molecular complexity index is 1890. The molecule has 3 N–H and O–H groups in total. The highest BCUT2D eigenvalue weighted by molar-refractivity contribution is 6.02. The maximum absolute atomic E-state index is 15.6. The van der Waals surface area contributed by atoms with E-state index in [2.05, 4.69) is 31.9 Å². The first kappa shape index (κ1) is 34.7. The van der Waals surface area contributed by atoms with Crippen LogP contribution in [0.2, 0.25) is 0 Å². The number of para-hydroxylation sites is 1. The van der Waals surface area contributed by atoms with Crippen LogP contribution in [0.25, 0.3) is 0 Å². The summed E-state index contributed by atoms with van der Waals surface area (Å²) in [6.45, 7) is 4.52. The van der Waals surface area contributed by atoms with E-state index in [-0.39, 0.29) is 36.9 Å². The molecular formula is C39H37F3N2O6. The standard InChI is InChI=1S/C39H37F3N2O6/c1-37(2,25-48-30-11-7-4-8-12-30)16-15-27-19-33(31(40)21-32(27)43-22-29(45)24-47-23-26-9-5-3-6-10-26)44-36(46)38(17-18-38)28-13-14-34-35(20-28)50-39(41,42)49-34/h3-14,19-21,29,43,45H,17-18,22-25H2,1-2H3,(H,44,46)/t29-/m1/s1. The van der Waals surface area contributed by atoms with Crippen molar-refractivity contribution in [2.45, 2.75) is 51.1 Å². The van der Waals surface area contributed by atoms with Crippen molar-refractivity contribution in [1.29, 1.82) is 0 Å². The highest BCUT2D eigenvalue weighted by Crippen LogP contribution is 2.52. The van der Waals surface area contributed by atoms with Crippen LogP contribution in [0.1, 0.15) is 43.4 Å². The van der Waals surface area contributed by atoms with E-state index in [0.717, 1.165) is 5.56 Å². The van der Waals surface area contributed by atoms with Gasteiger partial charge in [0, 0.05) is 18.2 Å². The summed E-state index contributed by atoms with van der Waals surface area (Å²) in [4.78, 5) is 13.6. The summed E-state index contributed by atoms with van der Waals surface area (Å²) >= 11 is 0. The van der Waals surface area contributed by atoms with Gasteiger partial charge < -0.3 is 34.7 Å². The second-order valence-corrected chi connectivity index (χ2v) is 13.0. The molecule has 0 radical (unpaired) electrons. The molecule has 1 amide bonds. The number of rotatable bonds is 13. The summed E-state index contributed by atoms with van der Waals surface area (Å²) in [5.74, 6) is 5.50. The molecular weight excluding hydrogens is 649 g/mol. The van der Waals surface area contributed by atoms with Crippen LogP contribution >= 0.6 is 0 Å². The van der Waals surface area contributed by atoms with E-state index >= 15 is 4.39 Å².